The molecule has 0 spiro atoms. The SMILES string of the molecule is C/C=C1/CCCCC1=[N+](C)C. The number of rotatable bonds is 0. The Balaban J connectivity index is 2.84. The van der Waals surface area contributed by atoms with Gasteiger partial charge in [0.15, 0.2) is 5.71 Å². The van der Waals surface area contributed by atoms with E-state index in [1.807, 2.05) is 0 Å². The van der Waals surface area contributed by atoms with E-state index >= 15 is 0 Å². The molecule has 1 saturated carbocycles. The van der Waals surface area contributed by atoms with Gasteiger partial charge in [-0.3, -0.25) is 0 Å². The average molecular weight is 152 g/mol. The van der Waals surface area contributed by atoms with E-state index in [1.165, 1.54) is 25.7 Å². The minimum Gasteiger partial charge on any atom is -0.239 e. The lowest BCUT2D eigenvalue weighted by Crippen LogP contribution is -2.19. The third-order valence-corrected chi connectivity index (χ3v) is 2.37. The summed E-state index contributed by atoms with van der Waals surface area (Å²) in [7, 11) is 4.29. The van der Waals surface area contributed by atoms with E-state index in [0.29, 0.717) is 0 Å². The Labute approximate surface area is 69.4 Å². The first-order chi connectivity index (χ1) is 5.25. The first kappa shape index (κ1) is 8.51. The molecule has 1 aliphatic rings. The Bertz CT molecular complexity index is 195. The van der Waals surface area contributed by atoms with Crippen LogP contribution in [0.2, 0.25) is 0 Å². The standard InChI is InChI=1S/C10H18N/c1-4-9-7-5-6-8-10(9)11(2)3/h4H,5-8H2,1-3H3/q+1/b9-4-. The van der Waals surface area contributed by atoms with Crippen LogP contribution in [0.25, 0.3) is 0 Å². The third kappa shape index (κ3) is 1.92. The molecule has 1 aliphatic carbocycles. The van der Waals surface area contributed by atoms with Crippen LogP contribution in [0.4, 0.5) is 0 Å². The van der Waals surface area contributed by atoms with Crippen LogP contribution in [0.5, 0.6) is 0 Å². The van der Waals surface area contributed by atoms with Crippen LogP contribution >= 0.6 is 0 Å². The summed E-state index contributed by atoms with van der Waals surface area (Å²) < 4.78 is 2.26. The highest BCUT2D eigenvalue weighted by Gasteiger charge is 2.17. The predicted octanol–water partition coefficient (Wildman–Crippen LogP) is 2.22. The van der Waals surface area contributed by atoms with Gasteiger partial charge in [-0.25, -0.2) is 4.58 Å². The van der Waals surface area contributed by atoms with Crippen molar-refractivity contribution in [1.29, 1.82) is 0 Å². The minimum atomic E-state index is 1.27. The topological polar surface area (TPSA) is 3.01 Å². The van der Waals surface area contributed by atoms with Crippen LogP contribution in [-0.2, 0) is 0 Å². The number of allylic oxidation sites excluding steroid dienone is 2. The number of hydrogen-bond acceptors (Lipinski definition) is 0. The summed E-state index contributed by atoms with van der Waals surface area (Å²) in [6.45, 7) is 2.14. The maximum atomic E-state index is 2.26. The quantitative estimate of drug-likeness (QED) is 0.468. The lowest BCUT2D eigenvalue weighted by molar-refractivity contribution is -0.465. The Kier molecular flexibility index (Phi) is 2.86. The van der Waals surface area contributed by atoms with E-state index in [1.54, 1.807) is 11.3 Å². The number of nitrogens with zero attached hydrogens (tertiary/aromatic N) is 1. The molecule has 11 heavy (non-hydrogen) atoms. The van der Waals surface area contributed by atoms with Crippen molar-refractivity contribution < 1.29 is 4.58 Å². The Morgan fingerprint density at radius 3 is 2.27 bits per heavy atom. The van der Waals surface area contributed by atoms with Gasteiger partial charge in [-0.15, -0.1) is 0 Å². The molecule has 62 valence electrons. The van der Waals surface area contributed by atoms with Crippen LogP contribution in [-0.4, -0.2) is 24.4 Å². The summed E-state index contributed by atoms with van der Waals surface area (Å²) in [5, 5.41) is 0. The summed E-state index contributed by atoms with van der Waals surface area (Å²) in [6.07, 6.45) is 7.55. The molecule has 0 saturated heterocycles. The van der Waals surface area contributed by atoms with Crippen LogP contribution in [0.3, 0.4) is 0 Å². The van der Waals surface area contributed by atoms with Crippen molar-refractivity contribution in [2.24, 2.45) is 0 Å². The predicted molar refractivity (Wildman–Crippen MR) is 49.3 cm³/mol. The average Bonchev–Trinajstić information content (AvgIpc) is 2.04. The summed E-state index contributed by atoms with van der Waals surface area (Å²) in [6, 6.07) is 0. The maximum Gasteiger partial charge on any atom is 0.178 e. The molecule has 0 aliphatic heterocycles. The van der Waals surface area contributed by atoms with E-state index in [4.69, 9.17) is 0 Å². The second-order valence-corrected chi connectivity index (χ2v) is 3.36. The van der Waals surface area contributed by atoms with Gasteiger partial charge in [-0.05, 0) is 26.2 Å². The zero-order valence-corrected chi connectivity index (χ0v) is 7.85. The van der Waals surface area contributed by atoms with Crippen LogP contribution < -0.4 is 0 Å². The smallest absolute Gasteiger partial charge is 0.178 e. The van der Waals surface area contributed by atoms with Crippen molar-refractivity contribution in [3.8, 4) is 0 Å². The molecule has 0 aromatic heterocycles. The molecule has 0 radical (unpaired) electrons. The van der Waals surface area contributed by atoms with E-state index in [9.17, 15) is 0 Å². The lowest BCUT2D eigenvalue weighted by atomic mass is 9.92. The van der Waals surface area contributed by atoms with Crippen LogP contribution in [0, 0.1) is 0 Å². The highest BCUT2D eigenvalue weighted by molar-refractivity contribution is 5.96. The molecule has 0 bridgehead atoms. The third-order valence-electron chi connectivity index (χ3n) is 2.37. The van der Waals surface area contributed by atoms with Gasteiger partial charge in [0, 0.05) is 12.0 Å². The van der Waals surface area contributed by atoms with Crippen molar-refractivity contribution in [2.75, 3.05) is 14.1 Å². The zero-order chi connectivity index (χ0) is 8.27. The molecule has 0 N–H and O–H groups in total. The molecule has 0 atom stereocenters. The van der Waals surface area contributed by atoms with Crippen molar-refractivity contribution in [3.05, 3.63) is 11.6 Å². The molecule has 1 heteroatoms. The fraction of sp³-hybridized carbons (Fsp3) is 0.700. The van der Waals surface area contributed by atoms with Crippen LogP contribution in [0.1, 0.15) is 32.6 Å². The van der Waals surface area contributed by atoms with Crippen LogP contribution in [0.15, 0.2) is 11.6 Å². The molecule has 1 rings (SSSR count). The molecule has 0 amide bonds. The van der Waals surface area contributed by atoms with Crippen molar-refractivity contribution in [3.63, 3.8) is 0 Å². The minimum absolute atomic E-state index is 1.27. The summed E-state index contributed by atoms with van der Waals surface area (Å²) in [5.74, 6) is 0. The summed E-state index contributed by atoms with van der Waals surface area (Å²) >= 11 is 0. The van der Waals surface area contributed by atoms with Gasteiger partial charge >= 0.3 is 0 Å². The molecular weight excluding hydrogens is 134 g/mol. The van der Waals surface area contributed by atoms with Gasteiger partial charge < -0.3 is 0 Å². The van der Waals surface area contributed by atoms with E-state index in [0.717, 1.165) is 0 Å². The summed E-state index contributed by atoms with van der Waals surface area (Å²) in [4.78, 5) is 0. The molecule has 0 heterocycles. The molecule has 0 aromatic carbocycles. The van der Waals surface area contributed by atoms with Gasteiger partial charge in [-0.1, -0.05) is 6.08 Å². The first-order valence-corrected chi connectivity index (χ1v) is 4.44. The van der Waals surface area contributed by atoms with Gasteiger partial charge in [0.1, 0.15) is 14.1 Å². The largest absolute Gasteiger partial charge is 0.239 e. The monoisotopic (exact) mass is 152 g/mol. The Morgan fingerprint density at radius 1 is 1.18 bits per heavy atom. The summed E-state index contributed by atoms with van der Waals surface area (Å²) in [5.41, 5.74) is 3.10. The molecule has 1 fully saturated rings. The fourth-order valence-electron chi connectivity index (χ4n) is 1.73. The van der Waals surface area contributed by atoms with Gasteiger partial charge in [0.2, 0.25) is 0 Å². The van der Waals surface area contributed by atoms with Crippen molar-refractivity contribution in [1.82, 2.24) is 0 Å². The van der Waals surface area contributed by atoms with Gasteiger partial charge in [-0.2, -0.15) is 0 Å². The second kappa shape index (κ2) is 3.70. The van der Waals surface area contributed by atoms with Crippen molar-refractivity contribution in [2.45, 2.75) is 32.6 Å². The van der Waals surface area contributed by atoms with E-state index < -0.39 is 0 Å². The Hall–Kier alpha value is -0.590. The second-order valence-electron chi connectivity index (χ2n) is 3.36. The maximum absolute atomic E-state index is 2.26. The molecule has 0 aromatic rings. The number of hydrogen-bond donors (Lipinski definition) is 0. The first-order valence-electron chi connectivity index (χ1n) is 4.44. The zero-order valence-electron chi connectivity index (χ0n) is 7.85. The molecule has 1 nitrogen and oxygen atoms in total. The molecule has 0 unspecified atom stereocenters. The Morgan fingerprint density at radius 2 is 1.82 bits per heavy atom. The van der Waals surface area contributed by atoms with Gasteiger partial charge in [0.25, 0.3) is 0 Å². The highest BCUT2D eigenvalue weighted by Crippen LogP contribution is 2.19. The molecular formula is C10H18N+. The fourth-order valence-corrected chi connectivity index (χ4v) is 1.73. The van der Waals surface area contributed by atoms with Crippen molar-refractivity contribution >= 4 is 5.71 Å². The highest BCUT2D eigenvalue weighted by atomic mass is 14.9. The van der Waals surface area contributed by atoms with Gasteiger partial charge in [0.05, 0.1) is 0 Å². The normalized spacial score (nSPS) is 22.5. The van der Waals surface area contributed by atoms with E-state index in [2.05, 4.69) is 31.7 Å². The van der Waals surface area contributed by atoms with E-state index in [-0.39, 0.29) is 0 Å². The lowest BCUT2D eigenvalue weighted by Gasteiger charge is -2.13.